The lowest BCUT2D eigenvalue weighted by Gasteiger charge is -2.27. The van der Waals surface area contributed by atoms with Gasteiger partial charge < -0.3 is 19.4 Å². The Bertz CT molecular complexity index is 895. The molecule has 0 aromatic carbocycles. The van der Waals surface area contributed by atoms with E-state index in [2.05, 4.69) is 22.8 Å². The van der Waals surface area contributed by atoms with Crippen LogP contribution in [-0.4, -0.2) is 49.3 Å². The molecule has 3 atom stereocenters. The van der Waals surface area contributed by atoms with Crippen LogP contribution in [0.5, 0.6) is 0 Å². The number of nitrogens with one attached hydrogen (secondary N) is 1. The molecule has 0 spiro atoms. The third-order valence-electron chi connectivity index (χ3n) is 4.18. The number of hydrogen-bond donors (Lipinski definition) is 1. The number of aromatic nitrogens is 1. The minimum atomic E-state index is -0.794. The van der Waals surface area contributed by atoms with Gasteiger partial charge in [-0.15, -0.1) is 6.42 Å². The average molecular weight is 373 g/mol. The quantitative estimate of drug-likeness (QED) is 0.436. The summed E-state index contributed by atoms with van der Waals surface area (Å²) in [6, 6.07) is 0. The van der Waals surface area contributed by atoms with Crippen LogP contribution < -0.4 is 15.9 Å². The third kappa shape index (κ3) is 4.68. The maximum absolute atomic E-state index is 14.5. The van der Waals surface area contributed by atoms with Crippen LogP contribution in [0.15, 0.2) is 11.2 Å². The zero-order valence-corrected chi connectivity index (χ0v) is 16.4. The molecule has 0 radical (unpaired) electrons. The molecular weight excluding hydrogens is 348 g/mol. The molecule has 1 aliphatic rings. The number of hydrogen-bond acceptors (Lipinski definition) is 4. The van der Waals surface area contributed by atoms with E-state index < -0.39 is 29.8 Å². The van der Waals surface area contributed by atoms with Crippen molar-refractivity contribution in [3.05, 3.63) is 22.6 Å². The number of likely N-dealkylation sites (N-methyl/N-ethyl adjacent to an activating group) is 1. The van der Waals surface area contributed by atoms with Crippen LogP contribution in [0.3, 0.4) is 0 Å². The molecule has 1 fully saturated rings. The first-order chi connectivity index (χ1) is 12.6. The minimum absolute atomic E-state index is 0.266. The van der Waals surface area contributed by atoms with Crippen LogP contribution in [0.4, 0.5) is 4.39 Å². The molecule has 8 heteroatoms. The van der Waals surface area contributed by atoms with Gasteiger partial charge in [0.25, 0.3) is 5.91 Å². The molecule has 1 N–H and O–H groups in total. The molecule has 1 aromatic rings. The number of terminal acetylenes is 1. The van der Waals surface area contributed by atoms with Gasteiger partial charge in [-0.2, -0.15) is 0 Å². The number of aliphatic imine (C=N–C) groups is 1. The lowest BCUT2D eigenvalue weighted by Crippen LogP contribution is -2.43. The third-order valence-corrected chi connectivity index (χ3v) is 4.18. The highest BCUT2D eigenvalue weighted by Crippen LogP contribution is 2.32. The Hall–Kier alpha value is -2.37. The highest BCUT2D eigenvalue weighted by molar-refractivity contribution is 6.13. The maximum Gasteiger partial charge on any atom is 0.251 e. The Balaban J connectivity index is 2.42. The van der Waals surface area contributed by atoms with E-state index in [0.717, 1.165) is 0 Å². The molecule has 1 aliphatic heterocycles. The molecule has 27 heavy (non-hydrogen) atoms. The second-order valence-corrected chi connectivity index (χ2v) is 7.35. The largest absolute Gasteiger partial charge is 0.378 e. The van der Waals surface area contributed by atoms with Crippen molar-refractivity contribution < 1.29 is 18.7 Å². The summed E-state index contributed by atoms with van der Waals surface area (Å²) in [5.74, 6) is 1.51. The molecular formula is C19H25BFN3O3. The number of amides is 1. The van der Waals surface area contributed by atoms with E-state index in [1.807, 2.05) is 21.7 Å². The van der Waals surface area contributed by atoms with Crippen LogP contribution in [0.1, 0.15) is 33.4 Å². The number of carbonyl (C=O) groups excluding carboxylic acids is 1. The first kappa shape index (κ1) is 20.9. The predicted molar refractivity (Wildman–Crippen MR) is 106 cm³/mol. The van der Waals surface area contributed by atoms with Crippen LogP contribution in [-0.2, 0) is 14.3 Å². The first-order valence-corrected chi connectivity index (χ1v) is 8.68. The van der Waals surface area contributed by atoms with Gasteiger partial charge in [0, 0.05) is 30.5 Å². The van der Waals surface area contributed by atoms with Crippen molar-refractivity contribution in [1.29, 1.82) is 0 Å². The van der Waals surface area contributed by atoms with Crippen molar-refractivity contribution in [1.82, 2.24) is 9.88 Å². The smallest absolute Gasteiger partial charge is 0.251 e. The van der Waals surface area contributed by atoms with Gasteiger partial charge in [0.05, 0.1) is 23.2 Å². The van der Waals surface area contributed by atoms with Gasteiger partial charge in [-0.05, 0) is 20.8 Å². The summed E-state index contributed by atoms with van der Waals surface area (Å²) >= 11 is 0. The molecule has 0 unspecified atom stereocenters. The zero-order chi connectivity index (χ0) is 20.4. The van der Waals surface area contributed by atoms with Crippen molar-refractivity contribution in [3.63, 3.8) is 0 Å². The molecule has 1 amide bonds. The maximum atomic E-state index is 14.5. The summed E-state index contributed by atoms with van der Waals surface area (Å²) in [4.78, 5) is 16.2. The molecule has 6 nitrogen and oxygen atoms in total. The summed E-state index contributed by atoms with van der Waals surface area (Å²) in [7, 11) is 3.44. The lowest BCUT2D eigenvalue weighted by molar-refractivity contribution is -0.142. The Labute approximate surface area is 159 Å². The zero-order valence-electron chi connectivity index (χ0n) is 16.4. The van der Waals surface area contributed by atoms with Gasteiger partial charge in [0.15, 0.2) is 11.9 Å². The number of ether oxygens (including phenoxy) is 2. The fourth-order valence-electron chi connectivity index (χ4n) is 3.12. The standard InChI is InChI=1S/C19H25BFN3O3/c1-7-8-23-11(2)16-12(3)24(10-13(16)21)15-9-14(27-19(4,5)20)17(26-15)18(25)22-6/h1,8,10,14-15,17H,3,9,20H2,2,4-6H3,(H,22,25)/b16-11+,23-8-/t14-,15+,17-/m0/s1. The molecule has 144 valence electrons. The number of carbonyl (C=O) groups is 1. The summed E-state index contributed by atoms with van der Waals surface area (Å²) in [6.45, 7) is 9.42. The molecule has 0 saturated carbocycles. The Morgan fingerprint density at radius 2 is 2.33 bits per heavy atom. The minimum Gasteiger partial charge on any atom is -0.378 e. The number of halogens is 1. The lowest BCUT2D eigenvalue weighted by atomic mass is 9.85. The summed E-state index contributed by atoms with van der Waals surface area (Å²) in [6.07, 6.45) is 6.26. The van der Waals surface area contributed by atoms with E-state index >= 15 is 0 Å². The van der Waals surface area contributed by atoms with E-state index in [4.69, 9.17) is 15.9 Å². The second kappa shape index (κ2) is 8.11. The average Bonchev–Trinajstić information content (AvgIpc) is 3.11. The molecule has 2 rings (SSSR count). The molecule has 1 saturated heterocycles. The van der Waals surface area contributed by atoms with E-state index in [1.54, 1.807) is 11.5 Å². The monoisotopic (exact) mass is 373 g/mol. The first-order valence-electron chi connectivity index (χ1n) is 8.68. The normalized spacial score (nSPS) is 24.1. The van der Waals surface area contributed by atoms with Crippen molar-refractivity contribution in [2.75, 3.05) is 7.05 Å². The second-order valence-electron chi connectivity index (χ2n) is 7.35. The molecule has 1 aromatic heterocycles. The van der Waals surface area contributed by atoms with Gasteiger partial charge in [-0.25, -0.2) is 4.39 Å². The van der Waals surface area contributed by atoms with Gasteiger partial charge in [-0.1, -0.05) is 12.5 Å². The van der Waals surface area contributed by atoms with E-state index in [1.165, 1.54) is 19.5 Å². The van der Waals surface area contributed by atoms with E-state index in [9.17, 15) is 9.18 Å². The molecule has 2 heterocycles. The highest BCUT2D eigenvalue weighted by atomic mass is 19.1. The molecule has 0 aliphatic carbocycles. The fraction of sp³-hybridized carbons (Fsp3) is 0.474. The van der Waals surface area contributed by atoms with E-state index in [0.29, 0.717) is 17.5 Å². The van der Waals surface area contributed by atoms with Crippen LogP contribution in [0, 0.1) is 18.2 Å². The van der Waals surface area contributed by atoms with Crippen LogP contribution in [0.25, 0.3) is 12.3 Å². The van der Waals surface area contributed by atoms with Gasteiger partial charge in [0.2, 0.25) is 0 Å². The van der Waals surface area contributed by atoms with Crippen molar-refractivity contribution >= 4 is 32.2 Å². The predicted octanol–water partition coefficient (Wildman–Crippen LogP) is -0.342. The van der Waals surface area contributed by atoms with Gasteiger partial charge in [-0.3, -0.25) is 9.79 Å². The van der Waals surface area contributed by atoms with Crippen molar-refractivity contribution in [3.8, 4) is 12.3 Å². The highest BCUT2D eigenvalue weighted by Gasteiger charge is 2.43. The number of nitrogens with zero attached hydrogens (tertiary/aromatic N) is 2. The molecule has 0 bridgehead atoms. The topological polar surface area (TPSA) is 64.8 Å². The Morgan fingerprint density at radius 3 is 2.89 bits per heavy atom. The van der Waals surface area contributed by atoms with Gasteiger partial charge in [0.1, 0.15) is 14.1 Å². The Morgan fingerprint density at radius 1 is 1.67 bits per heavy atom. The number of rotatable bonds is 5. The van der Waals surface area contributed by atoms with E-state index in [-0.39, 0.29) is 11.1 Å². The fourth-order valence-corrected chi connectivity index (χ4v) is 3.12. The van der Waals surface area contributed by atoms with Gasteiger partial charge >= 0.3 is 0 Å². The SMILES string of the molecule is BC(C)(C)O[C@H]1C[C@H](n2cc(F)/c(=C(C)/N=C\C#C)c2=C)O[C@@H]1C(=O)NC. The van der Waals surface area contributed by atoms with Crippen molar-refractivity contribution in [2.24, 2.45) is 4.99 Å². The summed E-state index contributed by atoms with van der Waals surface area (Å²) in [5.41, 5.74) is -0.0401. The van der Waals surface area contributed by atoms with Crippen LogP contribution >= 0.6 is 0 Å². The Kier molecular flexibility index (Phi) is 6.29. The van der Waals surface area contributed by atoms with Crippen molar-refractivity contribution in [2.45, 2.75) is 51.1 Å². The van der Waals surface area contributed by atoms with Crippen LogP contribution in [0.2, 0.25) is 0 Å². The summed E-state index contributed by atoms with van der Waals surface area (Å²) < 4.78 is 28.0. The summed E-state index contributed by atoms with van der Waals surface area (Å²) in [5, 5.41) is 3.25.